The topological polar surface area (TPSA) is 78.0 Å². The average Bonchev–Trinajstić information content (AvgIpc) is 3.33. The molecule has 5 nitrogen and oxygen atoms in total. The Morgan fingerprint density at radius 2 is 1.59 bits per heavy atom. The lowest BCUT2D eigenvalue weighted by atomic mass is 10.2. The van der Waals surface area contributed by atoms with Gasteiger partial charge < -0.3 is 0 Å². The zero-order valence-corrected chi connectivity index (χ0v) is 17.2. The molecule has 0 saturated heterocycles. The summed E-state index contributed by atoms with van der Waals surface area (Å²) < 4.78 is 25.9. The van der Waals surface area contributed by atoms with Crippen LogP contribution >= 0.6 is 22.7 Å². The van der Waals surface area contributed by atoms with Gasteiger partial charge in [-0.05, 0) is 66.1 Å². The first-order valence-electron chi connectivity index (χ1n) is 8.16. The number of aryl methyl sites for hydroxylation is 2. The molecule has 138 valence electrons. The van der Waals surface area contributed by atoms with Crippen LogP contribution in [0.25, 0.3) is 26.8 Å². The maximum absolute atomic E-state index is 12.1. The van der Waals surface area contributed by atoms with Crippen LogP contribution in [0, 0.1) is 13.8 Å². The van der Waals surface area contributed by atoms with Crippen molar-refractivity contribution < 1.29 is 8.42 Å². The Morgan fingerprint density at radius 1 is 0.963 bits per heavy atom. The lowest BCUT2D eigenvalue weighted by Gasteiger charge is -2.10. The fraction of sp³-hybridized carbons (Fsp3) is 0.105. The number of nitrogens with zero attached hydrogens (tertiary/aromatic N) is 2. The molecule has 0 atom stereocenters. The molecule has 0 aliphatic heterocycles. The summed E-state index contributed by atoms with van der Waals surface area (Å²) in [7, 11) is -3.88. The van der Waals surface area contributed by atoms with E-state index in [1.165, 1.54) is 11.6 Å². The number of hydrogen-bond acceptors (Lipinski definition) is 5. The Kier molecular flexibility index (Phi) is 4.51. The summed E-state index contributed by atoms with van der Waals surface area (Å²) in [5.41, 5.74) is 4.41. The summed E-state index contributed by atoms with van der Waals surface area (Å²) in [6, 6.07) is 12.8. The molecule has 4 rings (SSSR count). The average molecular weight is 416 g/mol. The second-order valence-electron chi connectivity index (χ2n) is 6.32. The van der Waals surface area contributed by atoms with E-state index in [1.807, 2.05) is 19.9 Å². The summed E-state index contributed by atoms with van der Waals surface area (Å²) in [6.07, 6.45) is 0. The van der Waals surface area contributed by atoms with E-state index in [4.69, 9.17) is 10.2 Å². The van der Waals surface area contributed by atoms with Gasteiger partial charge in [-0.15, -0.1) is 22.7 Å². The van der Waals surface area contributed by atoms with Gasteiger partial charge in [-0.3, -0.25) is 0 Å². The number of hydrogen-bond donors (Lipinski definition) is 1. The quantitative estimate of drug-likeness (QED) is 0.529. The molecule has 0 saturated carbocycles. The van der Waals surface area contributed by atoms with Gasteiger partial charge in [0.15, 0.2) is 0 Å². The molecule has 3 aromatic heterocycles. The normalized spacial score (nSPS) is 11.8. The molecule has 0 radical (unpaired) electrons. The van der Waals surface area contributed by atoms with E-state index >= 15 is 0 Å². The highest BCUT2D eigenvalue weighted by atomic mass is 32.2. The second-order valence-corrected chi connectivity index (χ2v) is 9.67. The van der Waals surface area contributed by atoms with E-state index in [0.717, 1.165) is 26.7 Å². The summed E-state index contributed by atoms with van der Waals surface area (Å²) in [5.74, 6) is 0. The number of benzene rings is 1. The molecule has 1 aromatic carbocycles. The molecule has 27 heavy (non-hydrogen) atoms. The molecule has 2 N–H and O–H groups in total. The minimum atomic E-state index is -3.88. The fourth-order valence-electron chi connectivity index (χ4n) is 2.86. The lowest BCUT2D eigenvalue weighted by Crippen LogP contribution is -2.16. The number of nitrogens with two attached hydrogens (primary N) is 1. The third kappa shape index (κ3) is 3.49. The number of rotatable bonds is 4. The van der Waals surface area contributed by atoms with Crippen molar-refractivity contribution in [3.63, 3.8) is 0 Å². The van der Waals surface area contributed by atoms with Crippen LogP contribution < -0.4 is 5.14 Å². The van der Waals surface area contributed by atoms with Crippen LogP contribution in [0.5, 0.6) is 0 Å². The largest absolute Gasteiger partial charge is 0.240 e. The molecule has 0 fully saturated rings. The Bertz CT molecular complexity index is 1230. The number of sulfonamides is 1. The molecule has 0 bridgehead atoms. The Hall–Kier alpha value is -2.26. The maximum atomic E-state index is 12.1. The van der Waals surface area contributed by atoms with Gasteiger partial charge in [0.05, 0.1) is 21.1 Å². The highest BCUT2D eigenvalue weighted by molar-refractivity contribution is 7.89. The predicted octanol–water partition coefficient (Wildman–Crippen LogP) is 4.59. The van der Waals surface area contributed by atoms with Crippen molar-refractivity contribution in [1.29, 1.82) is 0 Å². The van der Waals surface area contributed by atoms with E-state index in [-0.39, 0.29) is 4.90 Å². The van der Waals surface area contributed by atoms with E-state index in [1.54, 1.807) is 45.6 Å². The Labute approximate surface area is 165 Å². The first-order chi connectivity index (χ1) is 12.8. The van der Waals surface area contributed by atoms with Gasteiger partial charge in [0.25, 0.3) is 0 Å². The van der Waals surface area contributed by atoms with Crippen molar-refractivity contribution in [3.8, 4) is 26.8 Å². The van der Waals surface area contributed by atoms with Crippen LogP contribution in [0.15, 0.2) is 58.1 Å². The molecular weight excluding hydrogens is 398 g/mol. The van der Waals surface area contributed by atoms with Gasteiger partial charge in [0, 0.05) is 0 Å². The lowest BCUT2D eigenvalue weighted by molar-refractivity contribution is 0.596. The summed E-state index contributed by atoms with van der Waals surface area (Å²) >= 11 is 3.22. The fourth-order valence-corrected chi connectivity index (χ4v) is 5.34. The molecular formula is C19H17N3O2S3. The zero-order chi connectivity index (χ0) is 19.2. The molecule has 0 aliphatic carbocycles. The number of para-hydroxylation sites is 1. The van der Waals surface area contributed by atoms with Gasteiger partial charge in [-0.25, -0.2) is 18.2 Å². The van der Waals surface area contributed by atoms with Gasteiger partial charge in [0.1, 0.15) is 10.6 Å². The van der Waals surface area contributed by atoms with Gasteiger partial charge in [0.2, 0.25) is 10.0 Å². The predicted molar refractivity (Wildman–Crippen MR) is 111 cm³/mol. The third-order valence-corrected chi connectivity index (χ3v) is 7.17. The van der Waals surface area contributed by atoms with Gasteiger partial charge in [-0.1, -0.05) is 12.1 Å². The Balaban J connectivity index is 1.99. The molecule has 0 amide bonds. The molecule has 8 heteroatoms. The van der Waals surface area contributed by atoms with Crippen molar-refractivity contribution >= 4 is 32.7 Å². The van der Waals surface area contributed by atoms with Gasteiger partial charge >= 0.3 is 0 Å². The number of aromatic nitrogens is 2. The standard InChI is InChI=1S/C19H17N3O2S3/c1-12-7-17(25-10-12)14-9-16(18-8-13(2)11-26-18)22(21-14)15-5-3-4-6-19(15)27(20,23)24/h3-11H,1-2H3,(H2,20,23,24). The number of primary sulfonamides is 1. The van der Waals surface area contributed by atoms with Crippen LogP contribution in [0.1, 0.15) is 11.1 Å². The van der Waals surface area contributed by atoms with Crippen molar-refractivity contribution in [2.24, 2.45) is 5.14 Å². The molecule has 0 unspecified atom stereocenters. The van der Waals surface area contributed by atoms with E-state index in [9.17, 15) is 8.42 Å². The maximum Gasteiger partial charge on any atom is 0.240 e. The van der Waals surface area contributed by atoms with Crippen molar-refractivity contribution in [2.75, 3.05) is 0 Å². The molecule has 3 heterocycles. The van der Waals surface area contributed by atoms with E-state index in [2.05, 4.69) is 22.9 Å². The van der Waals surface area contributed by atoms with Gasteiger partial charge in [-0.2, -0.15) is 5.10 Å². The van der Waals surface area contributed by atoms with Crippen LogP contribution in [0.4, 0.5) is 0 Å². The van der Waals surface area contributed by atoms with Crippen molar-refractivity contribution in [3.05, 3.63) is 64.4 Å². The smallest absolute Gasteiger partial charge is 0.230 e. The SMILES string of the molecule is Cc1csc(-c2cc(-c3cc(C)cs3)n(-c3ccccc3S(N)(=O)=O)n2)c1. The monoisotopic (exact) mass is 415 g/mol. The second kappa shape index (κ2) is 6.72. The summed E-state index contributed by atoms with van der Waals surface area (Å²) in [5, 5.41) is 14.3. The van der Waals surface area contributed by atoms with E-state index < -0.39 is 10.0 Å². The van der Waals surface area contributed by atoms with Crippen molar-refractivity contribution in [2.45, 2.75) is 18.7 Å². The summed E-state index contributed by atoms with van der Waals surface area (Å²) in [6.45, 7) is 4.07. The number of thiophene rings is 2. The molecule has 0 aliphatic rings. The van der Waals surface area contributed by atoms with Crippen molar-refractivity contribution in [1.82, 2.24) is 9.78 Å². The van der Waals surface area contributed by atoms with Crippen LogP contribution in [-0.2, 0) is 10.0 Å². The Morgan fingerprint density at radius 3 is 2.19 bits per heavy atom. The zero-order valence-electron chi connectivity index (χ0n) is 14.7. The molecule has 0 spiro atoms. The summed E-state index contributed by atoms with van der Waals surface area (Å²) in [4.78, 5) is 2.11. The first kappa shape index (κ1) is 18.1. The minimum Gasteiger partial charge on any atom is -0.230 e. The van der Waals surface area contributed by atoms with E-state index in [0.29, 0.717) is 5.69 Å². The minimum absolute atomic E-state index is 0.0524. The molecule has 4 aromatic rings. The van der Waals surface area contributed by atoms with Crippen LogP contribution in [0.3, 0.4) is 0 Å². The third-order valence-electron chi connectivity index (χ3n) is 4.08. The van der Waals surface area contributed by atoms with Crippen LogP contribution in [0.2, 0.25) is 0 Å². The highest BCUT2D eigenvalue weighted by Crippen LogP contribution is 2.35. The first-order valence-corrected chi connectivity index (χ1v) is 11.5. The highest BCUT2D eigenvalue weighted by Gasteiger charge is 2.21. The van der Waals surface area contributed by atoms with Crippen LogP contribution in [-0.4, -0.2) is 18.2 Å².